The van der Waals surface area contributed by atoms with Gasteiger partial charge in [-0.3, -0.25) is 0 Å². The molecule has 2 aromatic rings. The van der Waals surface area contributed by atoms with Crippen LogP contribution in [0.3, 0.4) is 0 Å². The molecule has 1 aromatic carbocycles. The Morgan fingerprint density at radius 1 is 1.37 bits per heavy atom. The van der Waals surface area contributed by atoms with Gasteiger partial charge in [0.25, 0.3) is 0 Å². The molecule has 0 radical (unpaired) electrons. The molecule has 1 N–H and O–H groups in total. The minimum Gasteiger partial charge on any atom is -0.378 e. The lowest BCUT2D eigenvalue weighted by molar-refractivity contribution is 0.181. The molecule has 0 atom stereocenters. The molecular formula is C13H13ClFN3O. The zero-order chi connectivity index (χ0) is 13.8. The van der Waals surface area contributed by atoms with E-state index in [0.29, 0.717) is 18.1 Å². The Balaban J connectivity index is 2.54. The number of ether oxygens (including phenoxy) is 1. The number of hydrogen-bond donors (Lipinski definition) is 1. The Morgan fingerprint density at radius 3 is 2.84 bits per heavy atom. The molecule has 0 amide bonds. The number of nitrogens with one attached hydrogen (secondary N) is 1. The number of hydrogen-bond acceptors (Lipinski definition) is 4. The van der Waals surface area contributed by atoms with Gasteiger partial charge in [0.15, 0.2) is 11.6 Å². The van der Waals surface area contributed by atoms with Crippen LogP contribution < -0.4 is 5.32 Å². The van der Waals surface area contributed by atoms with Crippen molar-refractivity contribution in [1.29, 1.82) is 0 Å². The van der Waals surface area contributed by atoms with Gasteiger partial charge >= 0.3 is 0 Å². The zero-order valence-corrected chi connectivity index (χ0v) is 11.3. The summed E-state index contributed by atoms with van der Waals surface area (Å²) in [6.45, 7) is 0.326. The molecule has 2 rings (SSSR count). The van der Waals surface area contributed by atoms with Crippen molar-refractivity contribution in [3.05, 3.63) is 40.8 Å². The molecule has 6 heteroatoms. The van der Waals surface area contributed by atoms with Gasteiger partial charge in [-0.05, 0) is 12.1 Å². The number of nitrogens with zero attached hydrogens (tertiary/aromatic N) is 2. The number of benzene rings is 1. The van der Waals surface area contributed by atoms with Crippen molar-refractivity contribution >= 4 is 17.4 Å². The molecule has 19 heavy (non-hydrogen) atoms. The topological polar surface area (TPSA) is 47.0 Å². The third-order valence-electron chi connectivity index (χ3n) is 2.52. The molecule has 0 spiro atoms. The monoisotopic (exact) mass is 281 g/mol. The van der Waals surface area contributed by atoms with Gasteiger partial charge in [-0.1, -0.05) is 17.7 Å². The molecule has 0 saturated heterocycles. The summed E-state index contributed by atoms with van der Waals surface area (Å²) in [6.07, 6.45) is 0. The van der Waals surface area contributed by atoms with Crippen LogP contribution in [0.15, 0.2) is 24.3 Å². The predicted octanol–water partition coefficient (Wildman–Crippen LogP) is 3.12. The Morgan fingerprint density at radius 2 is 2.16 bits per heavy atom. The van der Waals surface area contributed by atoms with Crippen LogP contribution in [0.2, 0.25) is 5.02 Å². The first-order chi connectivity index (χ1) is 9.15. The van der Waals surface area contributed by atoms with E-state index in [1.807, 2.05) is 0 Å². The van der Waals surface area contributed by atoms with Crippen LogP contribution in [-0.4, -0.2) is 24.1 Å². The first kappa shape index (κ1) is 13.7. The molecule has 0 aliphatic heterocycles. The van der Waals surface area contributed by atoms with Crippen molar-refractivity contribution in [1.82, 2.24) is 9.97 Å². The molecule has 1 aromatic heterocycles. The maximum absolute atomic E-state index is 14.0. The van der Waals surface area contributed by atoms with Gasteiger partial charge in [0.05, 0.1) is 22.9 Å². The van der Waals surface area contributed by atoms with E-state index in [0.717, 1.165) is 0 Å². The Kier molecular flexibility index (Phi) is 4.29. The van der Waals surface area contributed by atoms with Gasteiger partial charge in [-0.25, -0.2) is 14.4 Å². The van der Waals surface area contributed by atoms with Crippen molar-refractivity contribution in [2.24, 2.45) is 0 Å². The average molecular weight is 282 g/mol. The van der Waals surface area contributed by atoms with Crippen LogP contribution in [0, 0.1) is 5.82 Å². The summed E-state index contributed by atoms with van der Waals surface area (Å²) in [6, 6.07) is 6.48. The van der Waals surface area contributed by atoms with E-state index >= 15 is 0 Å². The zero-order valence-electron chi connectivity index (χ0n) is 10.6. The highest BCUT2D eigenvalue weighted by Gasteiger charge is 2.13. The summed E-state index contributed by atoms with van der Waals surface area (Å²) in [5, 5.41) is 2.95. The van der Waals surface area contributed by atoms with Gasteiger partial charge in [0.1, 0.15) is 5.82 Å². The second kappa shape index (κ2) is 5.95. The normalized spacial score (nSPS) is 10.5. The van der Waals surface area contributed by atoms with Crippen LogP contribution >= 0.6 is 11.6 Å². The van der Waals surface area contributed by atoms with Crippen LogP contribution in [0.5, 0.6) is 0 Å². The summed E-state index contributed by atoms with van der Waals surface area (Å²) in [7, 11) is 3.30. The van der Waals surface area contributed by atoms with E-state index < -0.39 is 5.82 Å². The summed E-state index contributed by atoms with van der Waals surface area (Å²) in [4.78, 5) is 8.50. The van der Waals surface area contributed by atoms with Gasteiger partial charge in [0, 0.05) is 20.2 Å². The van der Waals surface area contributed by atoms with Crippen molar-refractivity contribution in [2.75, 3.05) is 19.5 Å². The van der Waals surface area contributed by atoms with E-state index in [2.05, 4.69) is 15.3 Å². The van der Waals surface area contributed by atoms with E-state index in [4.69, 9.17) is 16.3 Å². The van der Waals surface area contributed by atoms with Crippen molar-refractivity contribution < 1.29 is 9.13 Å². The molecule has 100 valence electrons. The molecule has 0 fully saturated rings. The Bertz CT molecular complexity index is 592. The number of aromatic nitrogens is 2. The first-order valence-corrected chi connectivity index (χ1v) is 6.02. The van der Waals surface area contributed by atoms with E-state index in [1.165, 1.54) is 6.07 Å². The lowest BCUT2D eigenvalue weighted by atomic mass is 10.2. The van der Waals surface area contributed by atoms with Gasteiger partial charge in [-0.2, -0.15) is 0 Å². The van der Waals surface area contributed by atoms with Crippen LogP contribution in [0.4, 0.5) is 10.2 Å². The number of methoxy groups -OCH3 is 1. The molecule has 0 unspecified atom stereocenters. The summed E-state index contributed by atoms with van der Waals surface area (Å²) >= 11 is 5.77. The third kappa shape index (κ3) is 3.00. The van der Waals surface area contributed by atoms with Gasteiger partial charge in [0.2, 0.25) is 0 Å². The molecule has 0 bridgehead atoms. The van der Waals surface area contributed by atoms with E-state index in [1.54, 1.807) is 32.4 Å². The minimum atomic E-state index is -0.527. The Hall–Kier alpha value is -1.72. The average Bonchev–Trinajstić information content (AvgIpc) is 2.42. The lowest BCUT2D eigenvalue weighted by Gasteiger charge is -2.08. The fraction of sp³-hybridized carbons (Fsp3) is 0.231. The molecule has 4 nitrogen and oxygen atoms in total. The highest BCUT2D eigenvalue weighted by atomic mass is 35.5. The number of anilines is 1. The van der Waals surface area contributed by atoms with Crippen molar-refractivity contribution in [3.63, 3.8) is 0 Å². The fourth-order valence-electron chi connectivity index (χ4n) is 1.64. The van der Waals surface area contributed by atoms with E-state index in [-0.39, 0.29) is 16.4 Å². The SMILES string of the molecule is CNc1cc(COC)nc(-c2cccc(Cl)c2F)n1. The highest BCUT2D eigenvalue weighted by Crippen LogP contribution is 2.26. The summed E-state index contributed by atoms with van der Waals surface area (Å²) in [5.41, 5.74) is 0.929. The summed E-state index contributed by atoms with van der Waals surface area (Å²) < 4.78 is 19.0. The lowest BCUT2D eigenvalue weighted by Crippen LogP contribution is -2.02. The molecule has 1 heterocycles. The quantitative estimate of drug-likeness (QED) is 0.935. The molecular weight excluding hydrogens is 269 g/mol. The minimum absolute atomic E-state index is 0.0456. The van der Waals surface area contributed by atoms with E-state index in [9.17, 15) is 4.39 Å². The predicted molar refractivity (Wildman–Crippen MR) is 72.7 cm³/mol. The second-order valence-corrected chi connectivity index (χ2v) is 4.26. The van der Waals surface area contributed by atoms with Crippen LogP contribution in [0.25, 0.3) is 11.4 Å². The second-order valence-electron chi connectivity index (χ2n) is 3.85. The van der Waals surface area contributed by atoms with Crippen molar-refractivity contribution in [2.45, 2.75) is 6.61 Å². The fourth-order valence-corrected chi connectivity index (χ4v) is 1.82. The smallest absolute Gasteiger partial charge is 0.164 e. The maximum Gasteiger partial charge on any atom is 0.164 e. The largest absolute Gasteiger partial charge is 0.378 e. The molecule has 0 saturated carbocycles. The summed E-state index contributed by atoms with van der Waals surface area (Å²) in [5.74, 6) is 0.344. The number of rotatable bonds is 4. The van der Waals surface area contributed by atoms with Gasteiger partial charge < -0.3 is 10.1 Å². The number of halogens is 2. The van der Waals surface area contributed by atoms with Gasteiger partial charge in [-0.15, -0.1) is 0 Å². The standard InChI is InChI=1S/C13H13ClFN3O/c1-16-11-6-8(7-19-2)17-13(18-11)9-4-3-5-10(14)12(9)15/h3-6H,7H2,1-2H3,(H,16,17,18). The Labute approximate surface area is 115 Å². The molecule has 0 aliphatic rings. The maximum atomic E-state index is 14.0. The molecule has 0 aliphatic carbocycles. The first-order valence-electron chi connectivity index (χ1n) is 5.64. The van der Waals surface area contributed by atoms with Crippen LogP contribution in [-0.2, 0) is 11.3 Å². The highest BCUT2D eigenvalue weighted by molar-refractivity contribution is 6.31. The van der Waals surface area contributed by atoms with Crippen molar-refractivity contribution in [3.8, 4) is 11.4 Å². The van der Waals surface area contributed by atoms with Crippen LogP contribution in [0.1, 0.15) is 5.69 Å². The third-order valence-corrected chi connectivity index (χ3v) is 2.81.